The molecular weight excluding hydrogens is 445 g/mol. The molecule has 13 heteroatoms. The first-order valence-corrected chi connectivity index (χ1v) is 9.58. The number of benzene rings is 1. The Labute approximate surface area is 183 Å². The summed E-state index contributed by atoms with van der Waals surface area (Å²) in [6.45, 7) is 0.0808. The van der Waals surface area contributed by atoms with Gasteiger partial charge in [-0.15, -0.1) is 13.2 Å². The predicted octanol–water partition coefficient (Wildman–Crippen LogP) is 2.94. The van der Waals surface area contributed by atoms with E-state index in [1.165, 1.54) is 23.0 Å². The third-order valence-corrected chi connectivity index (χ3v) is 4.64. The zero-order chi connectivity index (χ0) is 23.6. The van der Waals surface area contributed by atoms with Crippen molar-refractivity contribution in [2.45, 2.75) is 19.5 Å². The molecule has 4 rings (SSSR count). The van der Waals surface area contributed by atoms with E-state index < -0.39 is 12.5 Å². The molecule has 3 heterocycles. The van der Waals surface area contributed by atoms with Crippen LogP contribution in [0.5, 0.6) is 5.75 Å². The molecule has 0 unspecified atom stereocenters. The molecule has 0 aliphatic carbocycles. The van der Waals surface area contributed by atoms with Gasteiger partial charge >= 0.3 is 12.5 Å². The number of ether oxygens (including phenoxy) is 1. The second-order valence-corrected chi connectivity index (χ2v) is 6.83. The second-order valence-electron chi connectivity index (χ2n) is 6.83. The van der Waals surface area contributed by atoms with Gasteiger partial charge in [0.1, 0.15) is 5.75 Å². The van der Waals surface area contributed by atoms with Crippen LogP contribution < -0.4 is 10.1 Å². The van der Waals surface area contributed by atoms with Crippen molar-refractivity contribution < 1.29 is 32.9 Å². The topological polar surface area (TPSA) is 127 Å². The van der Waals surface area contributed by atoms with Gasteiger partial charge in [0, 0.05) is 18.0 Å². The van der Waals surface area contributed by atoms with Gasteiger partial charge in [-0.1, -0.05) is 0 Å². The molecule has 33 heavy (non-hydrogen) atoms. The largest absolute Gasteiger partial charge is 0.573 e. The molecule has 1 amide bonds. The van der Waals surface area contributed by atoms with E-state index in [1.54, 1.807) is 23.1 Å². The van der Waals surface area contributed by atoms with E-state index in [0.29, 0.717) is 40.1 Å². The Hall–Kier alpha value is -4.13. The van der Waals surface area contributed by atoms with Crippen LogP contribution in [0.15, 0.2) is 48.9 Å². The molecule has 0 bridgehead atoms. The molecule has 10 nitrogen and oxygen atoms in total. The number of carbonyl (C=O) groups is 1. The molecule has 0 spiro atoms. The lowest BCUT2D eigenvalue weighted by Gasteiger charge is -2.09. The molecule has 0 aliphatic heterocycles. The molecule has 1 aromatic carbocycles. The lowest BCUT2D eigenvalue weighted by Crippen LogP contribution is -2.20. The van der Waals surface area contributed by atoms with Crippen LogP contribution in [-0.2, 0) is 13.1 Å². The van der Waals surface area contributed by atoms with Gasteiger partial charge in [0.15, 0.2) is 5.65 Å². The van der Waals surface area contributed by atoms with Crippen molar-refractivity contribution in [3.8, 4) is 22.6 Å². The average molecular weight is 462 g/mol. The number of pyridine rings is 1. The summed E-state index contributed by atoms with van der Waals surface area (Å²) in [7, 11) is 0. The molecule has 0 atom stereocenters. The fourth-order valence-corrected chi connectivity index (χ4v) is 3.33. The predicted molar refractivity (Wildman–Crippen MR) is 109 cm³/mol. The van der Waals surface area contributed by atoms with Crippen molar-refractivity contribution in [1.29, 1.82) is 0 Å². The minimum Gasteiger partial charge on any atom is -0.465 e. The van der Waals surface area contributed by atoms with Gasteiger partial charge < -0.3 is 20.3 Å². The van der Waals surface area contributed by atoms with Crippen LogP contribution in [0.2, 0.25) is 0 Å². The average Bonchev–Trinajstić information content (AvgIpc) is 3.37. The number of aliphatic hydroxyl groups is 1. The summed E-state index contributed by atoms with van der Waals surface area (Å²) in [6.07, 6.45) is -1.20. The highest BCUT2D eigenvalue weighted by Crippen LogP contribution is 2.32. The third-order valence-electron chi connectivity index (χ3n) is 4.64. The van der Waals surface area contributed by atoms with E-state index in [1.807, 2.05) is 0 Å². The van der Waals surface area contributed by atoms with Crippen molar-refractivity contribution >= 4 is 17.1 Å². The van der Waals surface area contributed by atoms with Gasteiger partial charge in [0.25, 0.3) is 0 Å². The van der Waals surface area contributed by atoms with Gasteiger partial charge in [-0.3, -0.25) is 4.68 Å². The van der Waals surface area contributed by atoms with Crippen LogP contribution in [0.1, 0.15) is 5.69 Å². The van der Waals surface area contributed by atoms with E-state index in [2.05, 4.69) is 25.2 Å². The van der Waals surface area contributed by atoms with Gasteiger partial charge in [0.2, 0.25) is 0 Å². The number of aromatic nitrogens is 5. The zero-order valence-corrected chi connectivity index (χ0v) is 16.8. The number of alkyl halides is 3. The first-order valence-electron chi connectivity index (χ1n) is 9.58. The number of nitrogens with one attached hydrogen (secondary N) is 1. The van der Waals surface area contributed by atoms with Gasteiger partial charge in [-0.05, 0) is 35.9 Å². The molecule has 4 aromatic rings. The molecule has 0 saturated carbocycles. The van der Waals surface area contributed by atoms with Gasteiger partial charge in [0.05, 0.1) is 42.7 Å². The minimum atomic E-state index is -4.81. The molecule has 172 valence electrons. The zero-order valence-electron chi connectivity index (χ0n) is 16.8. The smallest absolute Gasteiger partial charge is 0.465 e. The van der Waals surface area contributed by atoms with Crippen LogP contribution in [0.4, 0.5) is 18.0 Å². The summed E-state index contributed by atoms with van der Waals surface area (Å²) in [6, 6.07) is 6.78. The Morgan fingerprint density at radius 2 is 1.94 bits per heavy atom. The third kappa shape index (κ3) is 4.87. The number of hydrogen-bond donors (Lipinski definition) is 3. The number of halogens is 3. The Bertz CT molecular complexity index is 1280. The fourth-order valence-electron chi connectivity index (χ4n) is 3.33. The van der Waals surface area contributed by atoms with Crippen molar-refractivity contribution in [2.24, 2.45) is 0 Å². The van der Waals surface area contributed by atoms with E-state index >= 15 is 0 Å². The summed E-state index contributed by atoms with van der Waals surface area (Å²) in [5.41, 5.74) is 2.50. The Balaban J connectivity index is 1.81. The minimum absolute atomic E-state index is 0.0906. The summed E-state index contributed by atoms with van der Waals surface area (Å²) < 4.78 is 44.2. The van der Waals surface area contributed by atoms with Crippen LogP contribution in [-0.4, -0.2) is 53.8 Å². The Morgan fingerprint density at radius 3 is 2.61 bits per heavy atom. The normalized spacial score (nSPS) is 11.6. The number of nitrogens with zero attached hydrogens (tertiary/aromatic N) is 5. The van der Waals surface area contributed by atoms with E-state index in [0.717, 1.165) is 12.1 Å². The molecule has 0 radical (unpaired) electrons. The maximum Gasteiger partial charge on any atom is 0.573 e. The molecule has 0 saturated heterocycles. The van der Waals surface area contributed by atoms with Crippen molar-refractivity contribution in [3.05, 3.63) is 54.6 Å². The first-order chi connectivity index (χ1) is 15.7. The van der Waals surface area contributed by atoms with Crippen LogP contribution >= 0.6 is 0 Å². The highest BCUT2D eigenvalue weighted by molar-refractivity contribution is 5.95. The standard InChI is InChI=1S/C20H17F3N6O4/c21-20(22,23)33-14-3-1-13(2-4-14)29-18-17(16(27-29)10-25-19(31)32)15(5-6-24-18)12-9-26-28(11-12)7-8-30/h1-6,9,11,25,30H,7-8,10H2,(H,31,32). The SMILES string of the molecule is O=C(O)NCc1nn(-c2ccc(OC(F)(F)F)cc2)c2nccc(-c3cnn(CCO)c3)c12. The molecule has 3 N–H and O–H groups in total. The summed E-state index contributed by atoms with van der Waals surface area (Å²) in [4.78, 5) is 15.4. The highest BCUT2D eigenvalue weighted by atomic mass is 19.4. The maximum absolute atomic E-state index is 12.5. The first kappa shape index (κ1) is 22.1. The van der Waals surface area contributed by atoms with E-state index in [9.17, 15) is 18.0 Å². The van der Waals surface area contributed by atoms with Crippen LogP contribution in [0.25, 0.3) is 27.8 Å². The number of carboxylic acid groups (broad SMARTS) is 1. The van der Waals surface area contributed by atoms with Gasteiger partial charge in [-0.2, -0.15) is 10.2 Å². The summed E-state index contributed by atoms with van der Waals surface area (Å²) in [5, 5.41) is 29.6. The van der Waals surface area contributed by atoms with Crippen molar-refractivity contribution in [2.75, 3.05) is 6.61 Å². The van der Waals surface area contributed by atoms with Crippen LogP contribution in [0.3, 0.4) is 0 Å². The van der Waals surface area contributed by atoms with Crippen molar-refractivity contribution in [3.63, 3.8) is 0 Å². The molecule has 3 aromatic heterocycles. The number of rotatable bonds is 7. The lowest BCUT2D eigenvalue weighted by atomic mass is 10.1. The number of amides is 1. The van der Waals surface area contributed by atoms with Crippen LogP contribution in [0, 0.1) is 0 Å². The summed E-state index contributed by atoms with van der Waals surface area (Å²) >= 11 is 0. The second kappa shape index (κ2) is 8.78. The number of hydrogen-bond acceptors (Lipinski definition) is 6. The molecule has 0 aliphatic rings. The maximum atomic E-state index is 12.5. The summed E-state index contributed by atoms with van der Waals surface area (Å²) in [5.74, 6) is -0.388. The number of aliphatic hydroxyl groups excluding tert-OH is 1. The molecule has 0 fully saturated rings. The fraction of sp³-hybridized carbons (Fsp3) is 0.200. The molecular formula is C20H17F3N6O4. The van der Waals surface area contributed by atoms with Crippen molar-refractivity contribution in [1.82, 2.24) is 29.9 Å². The Morgan fingerprint density at radius 1 is 1.18 bits per heavy atom. The quantitative estimate of drug-likeness (QED) is 0.385. The lowest BCUT2D eigenvalue weighted by molar-refractivity contribution is -0.274. The van der Waals surface area contributed by atoms with Gasteiger partial charge in [-0.25, -0.2) is 14.5 Å². The van der Waals surface area contributed by atoms with E-state index in [-0.39, 0.29) is 18.9 Å². The Kier molecular flexibility index (Phi) is 5.87. The van der Waals surface area contributed by atoms with E-state index in [4.69, 9.17) is 10.2 Å². The monoisotopic (exact) mass is 462 g/mol. The number of fused-ring (bicyclic) bond motifs is 1. The highest BCUT2D eigenvalue weighted by Gasteiger charge is 2.31.